The third-order valence-corrected chi connectivity index (χ3v) is 1.96. The van der Waals surface area contributed by atoms with Crippen LogP contribution in [0.25, 0.3) is 6.08 Å². The minimum atomic E-state index is 0.716. The molecule has 0 fully saturated rings. The highest BCUT2D eigenvalue weighted by molar-refractivity contribution is 9.09. The molecule has 0 aromatic heterocycles. The number of methoxy groups -OCH3 is 1. The van der Waals surface area contributed by atoms with Crippen LogP contribution in [-0.2, 0) is 0 Å². The van der Waals surface area contributed by atoms with Crippen molar-refractivity contribution in [2.75, 3.05) is 18.2 Å². The second-order valence-electron chi connectivity index (χ2n) is 2.60. The summed E-state index contributed by atoms with van der Waals surface area (Å²) in [6.07, 6.45) is 4.00. The minimum absolute atomic E-state index is 0.716. The zero-order valence-electron chi connectivity index (χ0n) is 7.46. The predicted octanol–water partition coefficient (Wildman–Crippen LogP) is 2.69. The molecule has 1 aromatic rings. The number of anilines is 1. The molecule has 0 aliphatic rings. The second kappa shape index (κ2) is 4.92. The molecular formula is C10H12BrNO. The Kier molecular flexibility index (Phi) is 3.83. The SMILES string of the molecule is COc1cc(N)cc(C=CCBr)c1. The fourth-order valence-corrected chi connectivity index (χ4v) is 1.23. The lowest BCUT2D eigenvalue weighted by Crippen LogP contribution is -1.89. The van der Waals surface area contributed by atoms with Gasteiger partial charge in [0.05, 0.1) is 7.11 Å². The van der Waals surface area contributed by atoms with Crippen molar-refractivity contribution in [3.05, 3.63) is 29.8 Å². The van der Waals surface area contributed by atoms with Crippen LogP contribution in [0.1, 0.15) is 5.56 Å². The van der Waals surface area contributed by atoms with Gasteiger partial charge < -0.3 is 10.5 Å². The van der Waals surface area contributed by atoms with Crippen LogP contribution in [0.15, 0.2) is 24.3 Å². The molecule has 2 N–H and O–H groups in total. The van der Waals surface area contributed by atoms with Crippen molar-refractivity contribution in [2.24, 2.45) is 0 Å². The monoisotopic (exact) mass is 241 g/mol. The zero-order chi connectivity index (χ0) is 9.68. The Labute approximate surface area is 86.5 Å². The molecule has 0 heterocycles. The summed E-state index contributed by atoms with van der Waals surface area (Å²) in [5.74, 6) is 0.786. The number of nitrogens with two attached hydrogens (primary N) is 1. The van der Waals surface area contributed by atoms with Gasteiger partial charge in [0.25, 0.3) is 0 Å². The largest absolute Gasteiger partial charge is 0.497 e. The van der Waals surface area contributed by atoms with Gasteiger partial charge in [-0.1, -0.05) is 28.1 Å². The van der Waals surface area contributed by atoms with Gasteiger partial charge in [-0.25, -0.2) is 0 Å². The Morgan fingerprint density at radius 3 is 2.85 bits per heavy atom. The van der Waals surface area contributed by atoms with E-state index >= 15 is 0 Å². The number of nitrogen functional groups attached to an aromatic ring is 1. The van der Waals surface area contributed by atoms with Gasteiger partial charge in [0.2, 0.25) is 0 Å². The molecule has 0 atom stereocenters. The fourth-order valence-electron chi connectivity index (χ4n) is 1.04. The Morgan fingerprint density at radius 2 is 2.23 bits per heavy atom. The summed E-state index contributed by atoms with van der Waals surface area (Å²) in [4.78, 5) is 0. The number of benzene rings is 1. The maximum absolute atomic E-state index is 5.68. The molecule has 13 heavy (non-hydrogen) atoms. The number of hydrogen-bond donors (Lipinski definition) is 1. The predicted molar refractivity (Wildman–Crippen MR) is 60.2 cm³/mol. The van der Waals surface area contributed by atoms with E-state index in [1.807, 2.05) is 24.3 Å². The van der Waals surface area contributed by atoms with E-state index in [0.29, 0.717) is 5.69 Å². The van der Waals surface area contributed by atoms with E-state index in [1.165, 1.54) is 0 Å². The highest BCUT2D eigenvalue weighted by Crippen LogP contribution is 2.19. The van der Waals surface area contributed by atoms with Crippen molar-refractivity contribution in [3.8, 4) is 5.75 Å². The van der Waals surface area contributed by atoms with Crippen LogP contribution in [0.3, 0.4) is 0 Å². The van der Waals surface area contributed by atoms with Crippen LogP contribution in [0, 0.1) is 0 Å². The van der Waals surface area contributed by atoms with Crippen LogP contribution < -0.4 is 10.5 Å². The summed E-state index contributed by atoms with van der Waals surface area (Å²) in [6.45, 7) is 0. The number of halogens is 1. The van der Waals surface area contributed by atoms with Gasteiger partial charge >= 0.3 is 0 Å². The standard InChI is InChI=1S/C10H12BrNO/c1-13-10-6-8(3-2-4-11)5-9(12)7-10/h2-3,5-7H,4,12H2,1H3. The van der Waals surface area contributed by atoms with Crippen molar-refractivity contribution in [3.63, 3.8) is 0 Å². The average Bonchev–Trinajstić information content (AvgIpc) is 2.14. The highest BCUT2D eigenvalue weighted by Gasteiger charge is 1.95. The normalized spacial score (nSPS) is 10.6. The molecule has 0 bridgehead atoms. The Balaban J connectivity index is 2.94. The number of hydrogen-bond acceptors (Lipinski definition) is 2. The maximum Gasteiger partial charge on any atom is 0.121 e. The van der Waals surface area contributed by atoms with Crippen molar-refractivity contribution in [1.82, 2.24) is 0 Å². The van der Waals surface area contributed by atoms with E-state index < -0.39 is 0 Å². The van der Waals surface area contributed by atoms with Crippen molar-refractivity contribution >= 4 is 27.7 Å². The quantitative estimate of drug-likeness (QED) is 0.653. The molecule has 0 unspecified atom stereocenters. The second-order valence-corrected chi connectivity index (χ2v) is 3.24. The van der Waals surface area contributed by atoms with E-state index in [9.17, 15) is 0 Å². The third-order valence-electron chi connectivity index (χ3n) is 1.59. The van der Waals surface area contributed by atoms with E-state index in [1.54, 1.807) is 13.2 Å². The summed E-state index contributed by atoms with van der Waals surface area (Å²) in [7, 11) is 1.63. The smallest absolute Gasteiger partial charge is 0.121 e. The molecule has 0 radical (unpaired) electrons. The number of ether oxygens (including phenoxy) is 1. The summed E-state index contributed by atoms with van der Waals surface area (Å²) >= 11 is 3.31. The summed E-state index contributed by atoms with van der Waals surface area (Å²) < 4.78 is 5.09. The topological polar surface area (TPSA) is 35.2 Å². The molecule has 2 nitrogen and oxygen atoms in total. The molecule has 0 amide bonds. The zero-order valence-corrected chi connectivity index (χ0v) is 9.04. The Morgan fingerprint density at radius 1 is 1.46 bits per heavy atom. The molecule has 0 aliphatic heterocycles. The van der Waals surface area contributed by atoms with Gasteiger partial charge in [-0.3, -0.25) is 0 Å². The van der Waals surface area contributed by atoms with Crippen molar-refractivity contribution < 1.29 is 4.74 Å². The first-order valence-electron chi connectivity index (χ1n) is 3.93. The van der Waals surface area contributed by atoms with Crippen LogP contribution in [0.4, 0.5) is 5.69 Å². The molecule has 3 heteroatoms. The lowest BCUT2D eigenvalue weighted by atomic mass is 10.2. The molecule has 0 spiro atoms. The van der Waals surface area contributed by atoms with Crippen LogP contribution in [-0.4, -0.2) is 12.4 Å². The van der Waals surface area contributed by atoms with Gasteiger partial charge in [0.1, 0.15) is 5.75 Å². The molecule has 0 saturated heterocycles. The molecule has 70 valence electrons. The first-order chi connectivity index (χ1) is 6.26. The van der Waals surface area contributed by atoms with E-state index in [-0.39, 0.29) is 0 Å². The Bertz CT molecular complexity index is 310. The number of rotatable bonds is 3. The summed E-state index contributed by atoms with van der Waals surface area (Å²) in [6, 6.07) is 5.64. The van der Waals surface area contributed by atoms with Gasteiger partial charge in [0.15, 0.2) is 0 Å². The van der Waals surface area contributed by atoms with Gasteiger partial charge in [-0.05, 0) is 17.7 Å². The first kappa shape index (κ1) is 10.1. The van der Waals surface area contributed by atoms with Crippen molar-refractivity contribution in [2.45, 2.75) is 0 Å². The summed E-state index contributed by atoms with van der Waals surface area (Å²) in [5, 5.41) is 0.837. The van der Waals surface area contributed by atoms with E-state index in [0.717, 1.165) is 16.6 Å². The highest BCUT2D eigenvalue weighted by atomic mass is 79.9. The molecule has 1 rings (SSSR count). The lowest BCUT2D eigenvalue weighted by molar-refractivity contribution is 0.415. The van der Waals surface area contributed by atoms with Crippen LogP contribution >= 0.6 is 15.9 Å². The number of allylic oxidation sites excluding steroid dienone is 1. The third kappa shape index (κ3) is 3.11. The molecule has 0 aliphatic carbocycles. The van der Waals surface area contributed by atoms with Gasteiger partial charge in [-0.2, -0.15) is 0 Å². The van der Waals surface area contributed by atoms with Gasteiger partial charge in [-0.15, -0.1) is 0 Å². The number of alkyl halides is 1. The molecule has 0 saturated carbocycles. The van der Waals surface area contributed by atoms with Crippen LogP contribution in [0.2, 0.25) is 0 Å². The molecule has 1 aromatic carbocycles. The van der Waals surface area contributed by atoms with Gasteiger partial charge in [0, 0.05) is 17.1 Å². The summed E-state index contributed by atoms with van der Waals surface area (Å²) in [5.41, 5.74) is 7.45. The van der Waals surface area contributed by atoms with E-state index in [2.05, 4.69) is 15.9 Å². The fraction of sp³-hybridized carbons (Fsp3) is 0.200. The van der Waals surface area contributed by atoms with Crippen LogP contribution in [0.5, 0.6) is 5.75 Å². The van der Waals surface area contributed by atoms with E-state index in [4.69, 9.17) is 10.5 Å². The molecular weight excluding hydrogens is 230 g/mol. The Hall–Kier alpha value is -0.960. The minimum Gasteiger partial charge on any atom is -0.497 e. The lowest BCUT2D eigenvalue weighted by Gasteiger charge is -2.02. The average molecular weight is 242 g/mol. The maximum atomic E-state index is 5.68. The van der Waals surface area contributed by atoms with Crippen molar-refractivity contribution in [1.29, 1.82) is 0 Å². The first-order valence-corrected chi connectivity index (χ1v) is 5.05.